The van der Waals surface area contributed by atoms with Crippen LogP contribution in [0.2, 0.25) is 5.02 Å². The lowest BCUT2D eigenvalue weighted by Gasteiger charge is -2.09. The van der Waals surface area contributed by atoms with Gasteiger partial charge in [-0.15, -0.1) is 0 Å². The van der Waals surface area contributed by atoms with Crippen LogP contribution in [0.3, 0.4) is 0 Å². The summed E-state index contributed by atoms with van der Waals surface area (Å²) >= 11 is 6.04. The number of nitrogens with zero attached hydrogens (tertiary/aromatic N) is 2. The monoisotopic (exact) mass is 318 g/mol. The number of fused-ring (bicyclic) bond motifs is 1. The Kier molecular flexibility index (Phi) is 4.53. The molecule has 0 bridgehead atoms. The van der Waals surface area contributed by atoms with Crippen molar-refractivity contribution in [3.8, 4) is 0 Å². The van der Waals surface area contributed by atoms with Gasteiger partial charge in [0.15, 0.2) is 5.82 Å². The van der Waals surface area contributed by atoms with Crippen molar-refractivity contribution in [1.29, 1.82) is 0 Å². The molecular weight excluding hydrogens is 303 g/mol. The first kappa shape index (κ1) is 14.8. The molecule has 0 spiro atoms. The smallest absolute Gasteiger partial charge is 0.172 e. The maximum Gasteiger partial charge on any atom is 0.172 e. The molecule has 22 heavy (non-hydrogen) atoms. The van der Waals surface area contributed by atoms with E-state index in [9.17, 15) is 4.39 Å². The van der Waals surface area contributed by atoms with Crippen molar-refractivity contribution in [1.82, 2.24) is 15.2 Å². The highest BCUT2D eigenvalue weighted by Gasteiger charge is 2.10. The lowest BCUT2D eigenvalue weighted by molar-refractivity contribution is 0.637. The molecule has 2 aromatic heterocycles. The molecule has 0 amide bonds. The summed E-state index contributed by atoms with van der Waals surface area (Å²) in [4.78, 5) is 4.07. The van der Waals surface area contributed by atoms with E-state index in [2.05, 4.69) is 20.5 Å². The van der Waals surface area contributed by atoms with E-state index >= 15 is 0 Å². The van der Waals surface area contributed by atoms with Crippen molar-refractivity contribution >= 4 is 28.2 Å². The van der Waals surface area contributed by atoms with Gasteiger partial charge in [-0.2, -0.15) is 5.10 Å². The summed E-state index contributed by atoms with van der Waals surface area (Å²) in [6, 6.07) is 5.16. The standard InChI is InChI=1S/C16H16ClFN4/c17-13-6-8-20-16-12(13)4-5-14(15(16)18)19-7-2-1-3-11-9-21-22-10-11/h4-6,8-10,19H,1-3,7H2,(H,21,22). The Morgan fingerprint density at radius 3 is 2.95 bits per heavy atom. The van der Waals surface area contributed by atoms with Crippen molar-refractivity contribution in [3.05, 3.63) is 53.2 Å². The van der Waals surface area contributed by atoms with Gasteiger partial charge in [0.05, 0.1) is 16.9 Å². The average Bonchev–Trinajstić information content (AvgIpc) is 3.03. The number of hydrogen-bond acceptors (Lipinski definition) is 3. The normalized spacial score (nSPS) is 11.0. The zero-order chi connectivity index (χ0) is 15.4. The summed E-state index contributed by atoms with van der Waals surface area (Å²) in [6.45, 7) is 0.709. The number of aromatic nitrogens is 3. The molecule has 0 aliphatic rings. The first-order chi connectivity index (χ1) is 10.8. The lowest BCUT2D eigenvalue weighted by Crippen LogP contribution is -2.04. The Hall–Kier alpha value is -2.14. The zero-order valence-corrected chi connectivity index (χ0v) is 12.7. The minimum absolute atomic E-state index is 0.302. The Labute approximate surface area is 132 Å². The number of nitrogens with one attached hydrogen (secondary N) is 2. The van der Waals surface area contributed by atoms with E-state index in [4.69, 9.17) is 11.6 Å². The maximum absolute atomic E-state index is 14.4. The van der Waals surface area contributed by atoms with E-state index in [0.29, 0.717) is 28.2 Å². The fourth-order valence-corrected chi connectivity index (χ4v) is 2.59. The summed E-state index contributed by atoms with van der Waals surface area (Å²) < 4.78 is 14.4. The van der Waals surface area contributed by atoms with Gasteiger partial charge >= 0.3 is 0 Å². The van der Waals surface area contributed by atoms with Crippen LogP contribution in [-0.2, 0) is 6.42 Å². The number of H-pyrrole nitrogens is 1. The molecule has 0 fully saturated rings. The number of aryl methyl sites for hydroxylation is 1. The molecule has 2 heterocycles. The second kappa shape index (κ2) is 6.75. The first-order valence-corrected chi connectivity index (χ1v) is 7.58. The molecular formula is C16H16ClFN4. The molecule has 0 aliphatic carbocycles. The summed E-state index contributed by atoms with van der Waals surface area (Å²) in [5.74, 6) is -0.352. The molecule has 0 radical (unpaired) electrons. The van der Waals surface area contributed by atoms with E-state index in [1.54, 1.807) is 18.2 Å². The number of pyridine rings is 1. The number of rotatable bonds is 6. The first-order valence-electron chi connectivity index (χ1n) is 7.20. The van der Waals surface area contributed by atoms with Gasteiger partial charge in [0, 0.05) is 24.3 Å². The van der Waals surface area contributed by atoms with E-state index in [1.165, 1.54) is 11.8 Å². The second-order valence-electron chi connectivity index (χ2n) is 5.11. The molecule has 3 aromatic rings. The SMILES string of the molecule is Fc1c(NCCCCc2cn[nH]c2)ccc2c(Cl)ccnc12. The Morgan fingerprint density at radius 2 is 2.14 bits per heavy atom. The molecule has 1 aromatic carbocycles. The number of unbranched alkanes of at least 4 members (excludes halogenated alkanes) is 1. The number of benzene rings is 1. The molecule has 3 rings (SSSR count). The van der Waals surface area contributed by atoms with Gasteiger partial charge in [-0.25, -0.2) is 4.39 Å². The quantitative estimate of drug-likeness (QED) is 0.670. The van der Waals surface area contributed by atoms with Crippen LogP contribution in [0.1, 0.15) is 18.4 Å². The maximum atomic E-state index is 14.4. The molecule has 6 heteroatoms. The van der Waals surface area contributed by atoms with Gasteiger partial charge in [0.1, 0.15) is 5.52 Å². The van der Waals surface area contributed by atoms with Gasteiger partial charge in [-0.05, 0) is 43.0 Å². The van der Waals surface area contributed by atoms with E-state index in [0.717, 1.165) is 19.3 Å². The van der Waals surface area contributed by atoms with Gasteiger partial charge in [0.2, 0.25) is 0 Å². The highest BCUT2D eigenvalue weighted by Crippen LogP contribution is 2.27. The Morgan fingerprint density at radius 1 is 1.23 bits per heavy atom. The molecule has 114 valence electrons. The molecule has 0 saturated carbocycles. The van der Waals surface area contributed by atoms with Crippen LogP contribution in [-0.4, -0.2) is 21.7 Å². The number of halogens is 2. The number of aromatic amines is 1. The van der Waals surface area contributed by atoms with Crippen molar-refractivity contribution in [3.63, 3.8) is 0 Å². The van der Waals surface area contributed by atoms with E-state index < -0.39 is 0 Å². The topological polar surface area (TPSA) is 53.6 Å². The van der Waals surface area contributed by atoms with Crippen LogP contribution in [0.5, 0.6) is 0 Å². The van der Waals surface area contributed by atoms with E-state index in [1.807, 2.05) is 12.4 Å². The second-order valence-corrected chi connectivity index (χ2v) is 5.51. The summed E-state index contributed by atoms with van der Waals surface area (Å²) in [5, 5.41) is 11.0. The van der Waals surface area contributed by atoms with Gasteiger partial charge in [0.25, 0.3) is 0 Å². The van der Waals surface area contributed by atoms with Gasteiger partial charge < -0.3 is 5.32 Å². The molecule has 2 N–H and O–H groups in total. The Bertz CT molecular complexity index is 758. The Balaban J connectivity index is 1.58. The predicted octanol–water partition coefficient (Wildman–Crippen LogP) is 4.19. The van der Waals surface area contributed by atoms with Crippen molar-refractivity contribution in [2.24, 2.45) is 0 Å². The lowest BCUT2D eigenvalue weighted by atomic mass is 10.1. The number of hydrogen-bond donors (Lipinski definition) is 2. The van der Waals surface area contributed by atoms with E-state index in [-0.39, 0.29) is 5.82 Å². The summed E-state index contributed by atoms with van der Waals surface area (Å²) in [6.07, 6.45) is 8.17. The van der Waals surface area contributed by atoms with Crippen molar-refractivity contribution in [2.75, 3.05) is 11.9 Å². The molecule has 0 saturated heterocycles. The summed E-state index contributed by atoms with van der Waals surface area (Å²) in [7, 11) is 0. The van der Waals surface area contributed by atoms with Crippen molar-refractivity contribution in [2.45, 2.75) is 19.3 Å². The third kappa shape index (κ3) is 3.20. The fourth-order valence-electron chi connectivity index (χ4n) is 2.38. The van der Waals surface area contributed by atoms with Crippen LogP contribution in [0.25, 0.3) is 10.9 Å². The van der Waals surface area contributed by atoms with Crippen LogP contribution in [0.4, 0.5) is 10.1 Å². The third-order valence-electron chi connectivity index (χ3n) is 3.56. The molecule has 0 unspecified atom stereocenters. The zero-order valence-electron chi connectivity index (χ0n) is 11.9. The minimum atomic E-state index is -0.352. The number of anilines is 1. The minimum Gasteiger partial charge on any atom is -0.383 e. The van der Waals surface area contributed by atoms with Crippen LogP contribution < -0.4 is 5.32 Å². The van der Waals surface area contributed by atoms with Crippen molar-refractivity contribution < 1.29 is 4.39 Å². The third-order valence-corrected chi connectivity index (χ3v) is 3.89. The van der Waals surface area contributed by atoms with Crippen LogP contribution in [0.15, 0.2) is 36.8 Å². The largest absolute Gasteiger partial charge is 0.383 e. The highest BCUT2D eigenvalue weighted by molar-refractivity contribution is 6.35. The predicted molar refractivity (Wildman–Crippen MR) is 86.7 cm³/mol. The summed E-state index contributed by atoms with van der Waals surface area (Å²) in [5.41, 5.74) is 1.96. The molecule has 4 nitrogen and oxygen atoms in total. The van der Waals surface area contributed by atoms with Gasteiger partial charge in [-0.3, -0.25) is 10.1 Å². The van der Waals surface area contributed by atoms with Gasteiger partial charge in [-0.1, -0.05) is 11.6 Å². The molecule has 0 atom stereocenters. The fraction of sp³-hybridized carbons (Fsp3) is 0.250. The molecule has 0 aliphatic heterocycles. The highest BCUT2D eigenvalue weighted by atomic mass is 35.5. The average molecular weight is 319 g/mol. The van der Waals surface area contributed by atoms with Crippen LogP contribution in [0, 0.1) is 5.82 Å². The van der Waals surface area contributed by atoms with Crippen LogP contribution >= 0.6 is 11.6 Å².